The van der Waals surface area contributed by atoms with E-state index in [4.69, 9.17) is 14.2 Å². The number of likely N-dealkylation sites (tertiary alicyclic amines) is 1. The van der Waals surface area contributed by atoms with Gasteiger partial charge in [0.15, 0.2) is 0 Å². The van der Waals surface area contributed by atoms with Crippen LogP contribution in [0.1, 0.15) is 53.9 Å². The number of quaternary nitrogens is 1. The Balaban J connectivity index is 1.09. The number of amides is 1. The number of carbonyl (C=O) groups is 1. The van der Waals surface area contributed by atoms with Crippen LogP contribution in [0.15, 0.2) is 36.4 Å². The Kier molecular flexibility index (Phi) is 8.70. The summed E-state index contributed by atoms with van der Waals surface area (Å²) in [6, 6.07) is 11.0. The van der Waals surface area contributed by atoms with E-state index in [-0.39, 0.29) is 23.9 Å². The maximum absolute atomic E-state index is 14.4. The number of ether oxygens (including phenoxy) is 3. The van der Waals surface area contributed by atoms with Gasteiger partial charge in [0, 0.05) is 69.1 Å². The predicted molar refractivity (Wildman–Crippen MR) is 151 cm³/mol. The van der Waals surface area contributed by atoms with Crippen LogP contribution < -0.4 is 25.0 Å². The molecule has 216 valence electrons. The molecule has 2 aromatic carbocycles. The maximum atomic E-state index is 14.4. The molecule has 0 bridgehead atoms. The monoisotopic (exact) mass is 553 g/mol. The molecule has 2 aromatic rings. The zero-order valence-corrected chi connectivity index (χ0v) is 23.3. The lowest BCUT2D eigenvalue weighted by molar-refractivity contribution is -0.655. The van der Waals surface area contributed by atoms with Gasteiger partial charge in [0.1, 0.15) is 29.5 Å². The maximum Gasteiger partial charge on any atom is 0.253 e. The number of hydrogen-bond acceptors (Lipinski definition) is 6. The molecule has 4 fully saturated rings. The molecule has 0 radical (unpaired) electrons. The highest BCUT2D eigenvalue weighted by molar-refractivity contribution is 5.94. The van der Waals surface area contributed by atoms with Crippen molar-refractivity contribution in [1.29, 1.82) is 0 Å². The molecule has 4 saturated heterocycles. The molecule has 4 aliphatic rings. The lowest BCUT2D eigenvalue weighted by Gasteiger charge is -2.33. The quantitative estimate of drug-likeness (QED) is 0.549. The SMILES string of the molecule is O=C(c1ccc(O[C@H]2CCNC2)c(C2CCOCC2)c1)N1CCC(Oc2cc(F)cc(N3CC[NH2+]CC3)c2)CC1. The molecule has 1 atom stereocenters. The average Bonchev–Trinajstić information content (AvgIpc) is 3.51. The van der Waals surface area contributed by atoms with Gasteiger partial charge in [-0.15, -0.1) is 0 Å². The van der Waals surface area contributed by atoms with E-state index in [9.17, 15) is 9.18 Å². The smallest absolute Gasteiger partial charge is 0.253 e. The van der Waals surface area contributed by atoms with Crippen LogP contribution in [0.2, 0.25) is 0 Å². The highest BCUT2D eigenvalue weighted by Crippen LogP contribution is 2.36. The molecule has 3 N–H and O–H groups in total. The van der Waals surface area contributed by atoms with Gasteiger partial charge in [0.05, 0.1) is 26.2 Å². The Morgan fingerprint density at radius 2 is 1.73 bits per heavy atom. The molecule has 0 aliphatic carbocycles. The van der Waals surface area contributed by atoms with Gasteiger partial charge in [0.2, 0.25) is 0 Å². The summed E-state index contributed by atoms with van der Waals surface area (Å²) >= 11 is 0. The third kappa shape index (κ3) is 6.53. The van der Waals surface area contributed by atoms with Gasteiger partial charge < -0.3 is 34.6 Å². The van der Waals surface area contributed by atoms with Crippen molar-refractivity contribution < 1.29 is 28.7 Å². The second kappa shape index (κ2) is 12.7. The fourth-order valence-corrected chi connectivity index (χ4v) is 6.38. The largest absolute Gasteiger partial charge is 0.490 e. The lowest BCUT2D eigenvalue weighted by atomic mass is 9.89. The summed E-state index contributed by atoms with van der Waals surface area (Å²) in [5.41, 5.74) is 2.73. The molecule has 9 heteroatoms. The van der Waals surface area contributed by atoms with Crippen molar-refractivity contribution in [3.8, 4) is 11.5 Å². The van der Waals surface area contributed by atoms with Crippen molar-refractivity contribution in [2.24, 2.45) is 0 Å². The number of halogens is 1. The van der Waals surface area contributed by atoms with Crippen LogP contribution in [0, 0.1) is 5.82 Å². The topological polar surface area (TPSA) is 79.9 Å². The van der Waals surface area contributed by atoms with E-state index in [0.29, 0.717) is 30.3 Å². The summed E-state index contributed by atoms with van der Waals surface area (Å²) in [7, 11) is 0. The molecule has 0 unspecified atom stereocenters. The van der Waals surface area contributed by atoms with Crippen molar-refractivity contribution in [3.05, 3.63) is 53.3 Å². The Labute approximate surface area is 236 Å². The van der Waals surface area contributed by atoms with E-state index in [1.807, 2.05) is 23.1 Å². The van der Waals surface area contributed by atoms with Gasteiger partial charge in [-0.25, -0.2) is 4.39 Å². The van der Waals surface area contributed by atoms with E-state index >= 15 is 0 Å². The minimum Gasteiger partial charge on any atom is -0.490 e. The Morgan fingerprint density at radius 3 is 2.48 bits per heavy atom. The molecular formula is C31H42FN4O4+. The minimum absolute atomic E-state index is 0.0398. The third-order valence-corrected chi connectivity index (χ3v) is 8.69. The van der Waals surface area contributed by atoms with Gasteiger partial charge in [-0.1, -0.05) is 0 Å². The van der Waals surface area contributed by atoms with Crippen molar-refractivity contribution in [1.82, 2.24) is 10.2 Å². The fourth-order valence-electron chi connectivity index (χ4n) is 6.38. The van der Waals surface area contributed by atoms with Crippen LogP contribution in [-0.2, 0) is 4.74 Å². The normalized spacial score (nSPS) is 22.9. The number of benzene rings is 2. The van der Waals surface area contributed by atoms with Crippen LogP contribution in [0.5, 0.6) is 11.5 Å². The Bertz CT molecular complexity index is 1150. The second-order valence-electron chi connectivity index (χ2n) is 11.5. The molecule has 4 heterocycles. The number of carbonyl (C=O) groups excluding carboxylic acids is 1. The van der Waals surface area contributed by atoms with Crippen LogP contribution in [0.3, 0.4) is 0 Å². The highest BCUT2D eigenvalue weighted by atomic mass is 19.1. The predicted octanol–water partition coefficient (Wildman–Crippen LogP) is 2.53. The zero-order chi connectivity index (χ0) is 27.3. The molecule has 8 nitrogen and oxygen atoms in total. The summed E-state index contributed by atoms with van der Waals surface area (Å²) in [4.78, 5) is 17.7. The number of anilines is 1. The molecule has 40 heavy (non-hydrogen) atoms. The molecule has 0 aromatic heterocycles. The highest BCUT2D eigenvalue weighted by Gasteiger charge is 2.28. The van der Waals surface area contributed by atoms with E-state index in [0.717, 1.165) is 102 Å². The lowest BCUT2D eigenvalue weighted by Crippen LogP contribution is -2.89. The standard InChI is InChI=1S/C31H41FN4O4/c32-24-18-25(35-13-9-33-10-14-35)20-28(19-24)39-26-4-11-36(12-5-26)31(37)23-1-2-30(40-27-3-8-34-21-27)29(17-23)22-6-15-38-16-7-22/h1-2,17-20,22,26-27,33-34H,3-16,21H2/p+1/t27-/m0/s1. The first-order valence-electron chi connectivity index (χ1n) is 15.0. The van der Waals surface area contributed by atoms with Crippen LogP contribution in [-0.4, -0.2) is 88.6 Å². The zero-order valence-electron chi connectivity index (χ0n) is 23.3. The number of nitrogens with two attached hydrogens (primary N) is 1. The molecule has 1 amide bonds. The van der Waals surface area contributed by atoms with E-state index in [1.165, 1.54) is 6.07 Å². The van der Waals surface area contributed by atoms with E-state index in [1.54, 1.807) is 6.07 Å². The summed E-state index contributed by atoms with van der Waals surface area (Å²) < 4.78 is 32.6. The van der Waals surface area contributed by atoms with Gasteiger partial charge in [-0.3, -0.25) is 4.79 Å². The van der Waals surface area contributed by atoms with Crippen molar-refractivity contribution in [3.63, 3.8) is 0 Å². The van der Waals surface area contributed by atoms with Crippen molar-refractivity contribution in [2.45, 2.75) is 50.2 Å². The number of piperidine rings is 1. The average molecular weight is 554 g/mol. The van der Waals surface area contributed by atoms with Crippen LogP contribution in [0.4, 0.5) is 10.1 Å². The van der Waals surface area contributed by atoms with Crippen LogP contribution >= 0.6 is 0 Å². The van der Waals surface area contributed by atoms with Gasteiger partial charge in [0.25, 0.3) is 5.91 Å². The summed E-state index contributed by atoms with van der Waals surface area (Å²) in [6.45, 7) is 8.40. The first-order chi connectivity index (χ1) is 19.6. The summed E-state index contributed by atoms with van der Waals surface area (Å²) in [6.07, 6.45) is 4.46. The number of piperazine rings is 1. The first-order valence-corrected chi connectivity index (χ1v) is 15.0. The second-order valence-corrected chi connectivity index (χ2v) is 11.5. The van der Waals surface area contributed by atoms with Gasteiger partial charge in [-0.05, 0) is 61.6 Å². The first kappa shape index (κ1) is 27.3. The van der Waals surface area contributed by atoms with Gasteiger partial charge in [-0.2, -0.15) is 0 Å². The Morgan fingerprint density at radius 1 is 0.925 bits per heavy atom. The summed E-state index contributed by atoms with van der Waals surface area (Å²) in [5.74, 6) is 1.59. The number of hydrogen-bond donors (Lipinski definition) is 2. The third-order valence-electron chi connectivity index (χ3n) is 8.69. The molecular weight excluding hydrogens is 511 g/mol. The Hall–Kier alpha value is -2.88. The van der Waals surface area contributed by atoms with Crippen LogP contribution in [0.25, 0.3) is 0 Å². The number of nitrogens with zero attached hydrogens (tertiary/aromatic N) is 2. The molecule has 6 rings (SSSR count). The van der Waals surface area contributed by atoms with E-state index in [2.05, 4.69) is 21.6 Å². The molecule has 0 saturated carbocycles. The van der Waals surface area contributed by atoms with E-state index < -0.39 is 0 Å². The fraction of sp³-hybridized carbons (Fsp3) is 0.581. The number of rotatable bonds is 7. The van der Waals surface area contributed by atoms with Crippen molar-refractivity contribution >= 4 is 11.6 Å². The minimum atomic E-state index is -0.272. The summed E-state index contributed by atoms with van der Waals surface area (Å²) in [5, 5.41) is 5.65. The van der Waals surface area contributed by atoms with Gasteiger partial charge >= 0.3 is 0 Å². The number of nitrogens with one attached hydrogen (secondary N) is 1. The van der Waals surface area contributed by atoms with Crippen molar-refractivity contribution in [2.75, 3.05) is 70.5 Å². The molecule has 0 spiro atoms. The molecule has 4 aliphatic heterocycles.